The molecule has 2 atom stereocenters. The SMILES string of the molecule is COC(=O)C(C1CCC(=O)C1)S(=O)(=O)c1ccc(F)c(F)c1. The predicted molar refractivity (Wildman–Crippen MR) is 71.7 cm³/mol. The Kier molecular flexibility index (Phi) is 4.60. The fourth-order valence-corrected chi connectivity index (χ4v) is 4.50. The Morgan fingerprint density at radius 1 is 1.32 bits per heavy atom. The summed E-state index contributed by atoms with van der Waals surface area (Å²) in [5.74, 6) is -4.39. The summed E-state index contributed by atoms with van der Waals surface area (Å²) in [4.78, 5) is 22.8. The van der Waals surface area contributed by atoms with Gasteiger partial charge in [0.1, 0.15) is 5.78 Å². The number of hydrogen-bond acceptors (Lipinski definition) is 5. The Bertz CT molecular complexity index is 714. The molecule has 22 heavy (non-hydrogen) atoms. The third-order valence-electron chi connectivity index (χ3n) is 3.70. The highest BCUT2D eigenvalue weighted by atomic mass is 32.2. The minimum Gasteiger partial charge on any atom is -0.468 e. The van der Waals surface area contributed by atoms with Gasteiger partial charge in [-0.05, 0) is 30.5 Å². The molecule has 1 aliphatic rings. The van der Waals surface area contributed by atoms with Crippen molar-refractivity contribution >= 4 is 21.6 Å². The van der Waals surface area contributed by atoms with Crippen LogP contribution in [0, 0.1) is 17.6 Å². The standard InChI is InChI=1S/C14H14F2O5S/c1-21-14(18)13(8-2-3-9(17)6-8)22(19,20)10-4-5-11(15)12(16)7-10/h4-5,7-8,13H,2-3,6H2,1H3. The molecule has 8 heteroatoms. The Balaban J connectivity index is 2.46. The molecule has 1 aromatic carbocycles. The lowest BCUT2D eigenvalue weighted by molar-refractivity contribution is -0.141. The van der Waals surface area contributed by atoms with E-state index in [-0.39, 0.29) is 25.0 Å². The summed E-state index contributed by atoms with van der Waals surface area (Å²) in [6.45, 7) is 0. The molecule has 1 aromatic rings. The number of Topliss-reactive ketones (excluding diaryl/α,β-unsaturated/α-hetero) is 1. The maximum atomic E-state index is 13.3. The molecule has 0 heterocycles. The monoisotopic (exact) mass is 332 g/mol. The molecule has 0 N–H and O–H groups in total. The second-order valence-corrected chi connectivity index (χ2v) is 7.18. The van der Waals surface area contributed by atoms with E-state index >= 15 is 0 Å². The van der Waals surface area contributed by atoms with Crippen LogP contribution in [-0.4, -0.2) is 32.5 Å². The molecule has 0 aromatic heterocycles. The fourth-order valence-electron chi connectivity index (χ4n) is 2.59. The number of sulfone groups is 1. The number of carbonyl (C=O) groups excluding carboxylic acids is 2. The van der Waals surface area contributed by atoms with E-state index in [1.54, 1.807) is 0 Å². The summed E-state index contributed by atoms with van der Waals surface area (Å²) < 4.78 is 55.9. The third-order valence-corrected chi connectivity index (χ3v) is 5.86. The van der Waals surface area contributed by atoms with Crippen LogP contribution in [0.4, 0.5) is 8.78 Å². The molecule has 2 rings (SSSR count). The third kappa shape index (κ3) is 3.01. The van der Waals surface area contributed by atoms with Crippen molar-refractivity contribution in [1.82, 2.24) is 0 Å². The van der Waals surface area contributed by atoms with Gasteiger partial charge in [-0.1, -0.05) is 0 Å². The van der Waals surface area contributed by atoms with Crippen molar-refractivity contribution in [1.29, 1.82) is 0 Å². The first-order valence-electron chi connectivity index (χ1n) is 6.56. The smallest absolute Gasteiger partial charge is 0.324 e. The van der Waals surface area contributed by atoms with E-state index in [1.807, 2.05) is 0 Å². The first-order valence-corrected chi connectivity index (χ1v) is 8.10. The number of methoxy groups -OCH3 is 1. The lowest BCUT2D eigenvalue weighted by Crippen LogP contribution is -2.37. The van der Waals surface area contributed by atoms with E-state index in [0.29, 0.717) is 12.1 Å². The van der Waals surface area contributed by atoms with Crippen LogP contribution in [0.1, 0.15) is 19.3 Å². The normalized spacial score (nSPS) is 20.0. The highest BCUT2D eigenvalue weighted by Gasteiger charge is 2.44. The molecular formula is C14H14F2O5S. The molecule has 0 radical (unpaired) electrons. The molecule has 0 spiro atoms. The lowest BCUT2D eigenvalue weighted by Gasteiger charge is -2.20. The van der Waals surface area contributed by atoms with Gasteiger partial charge >= 0.3 is 5.97 Å². The minimum atomic E-state index is -4.29. The second kappa shape index (κ2) is 6.12. The van der Waals surface area contributed by atoms with Crippen molar-refractivity contribution in [3.63, 3.8) is 0 Å². The number of benzene rings is 1. The number of esters is 1. The maximum absolute atomic E-state index is 13.3. The van der Waals surface area contributed by atoms with Crippen molar-refractivity contribution in [3.05, 3.63) is 29.8 Å². The summed E-state index contributed by atoms with van der Waals surface area (Å²) in [6, 6.07) is 2.09. The summed E-state index contributed by atoms with van der Waals surface area (Å²) in [5.41, 5.74) is 0. The average molecular weight is 332 g/mol. The summed E-state index contributed by atoms with van der Waals surface area (Å²) in [5, 5.41) is -1.60. The topological polar surface area (TPSA) is 77.5 Å². The lowest BCUT2D eigenvalue weighted by atomic mass is 10.0. The number of hydrogen-bond donors (Lipinski definition) is 0. The van der Waals surface area contributed by atoms with E-state index in [1.165, 1.54) is 0 Å². The van der Waals surface area contributed by atoms with Crippen molar-refractivity contribution in [2.24, 2.45) is 5.92 Å². The molecule has 2 unspecified atom stereocenters. The molecule has 5 nitrogen and oxygen atoms in total. The van der Waals surface area contributed by atoms with Gasteiger partial charge in [0.2, 0.25) is 0 Å². The molecule has 0 bridgehead atoms. The van der Waals surface area contributed by atoms with Crippen molar-refractivity contribution in [2.45, 2.75) is 29.4 Å². The fraction of sp³-hybridized carbons (Fsp3) is 0.429. The number of ketones is 1. The highest BCUT2D eigenvalue weighted by Crippen LogP contribution is 2.33. The molecule has 120 valence electrons. The van der Waals surface area contributed by atoms with Gasteiger partial charge in [-0.3, -0.25) is 9.59 Å². The zero-order valence-corrected chi connectivity index (χ0v) is 12.5. The van der Waals surface area contributed by atoms with Crippen LogP contribution in [0.15, 0.2) is 23.1 Å². The Morgan fingerprint density at radius 2 is 2.00 bits per heavy atom. The van der Waals surface area contributed by atoms with Gasteiger partial charge in [0.15, 0.2) is 26.7 Å². The van der Waals surface area contributed by atoms with Gasteiger partial charge in [0.25, 0.3) is 0 Å². The van der Waals surface area contributed by atoms with Crippen LogP contribution >= 0.6 is 0 Å². The van der Waals surface area contributed by atoms with Gasteiger partial charge in [-0.25, -0.2) is 17.2 Å². The first-order chi connectivity index (χ1) is 10.3. The van der Waals surface area contributed by atoms with Crippen LogP contribution in [-0.2, 0) is 24.2 Å². The van der Waals surface area contributed by atoms with Crippen molar-refractivity contribution in [2.75, 3.05) is 7.11 Å². The predicted octanol–water partition coefficient (Wildman–Crippen LogP) is 1.65. The first kappa shape index (κ1) is 16.5. The number of rotatable bonds is 4. The Hall–Kier alpha value is -1.83. The van der Waals surface area contributed by atoms with Gasteiger partial charge in [-0.2, -0.15) is 0 Å². The zero-order valence-electron chi connectivity index (χ0n) is 11.7. The Labute approximate surface area is 126 Å². The number of halogens is 2. The summed E-state index contributed by atoms with van der Waals surface area (Å²) in [6.07, 6.45) is 0.371. The maximum Gasteiger partial charge on any atom is 0.324 e. The van der Waals surface area contributed by atoms with Gasteiger partial charge in [-0.15, -0.1) is 0 Å². The molecule has 0 aliphatic heterocycles. The van der Waals surface area contributed by atoms with Crippen LogP contribution in [0.5, 0.6) is 0 Å². The number of carbonyl (C=O) groups is 2. The van der Waals surface area contributed by atoms with E-state index in [9.17, 15) is 26.8 Å². The summed E-state index contributed by atoms with van der Waals surface area (Å²) in [7, 11) is -3.26. The van der Waals surface area contributed by atoms with Gasteiger partial charge < -0.3 is 4.74 Å². The molecule has 1 saturated carbocycles. The zero-order chi connectivity index (χ0) is 16.5. The second-order valence-electron chi connectivity index (χ2n) is 5.11. The molecular weight excluding hydrogens is 318 g/mol. The van der Waals surface area contributed by atoms with Crippen LogP contribution in [0.25, 0.3) is 0 Å². The number of ether oxygens (including phenoxy) is 1. The molecule has 0 amide bonds. The average Bonchev–Trinajstić information content (AvgIpc) is 2.87. The van der Waals surface area contributed by atoms with Crippen LogP contribution in [0.3, 0.4) is 0 Å². The largest absolute Gasteiger partial charge is 0.468 e. The van der Waals surface area contributed by atoms with Crippen LogP contribution in [0.2, 0.25) is 0 Å². The molecule has 0 saturated heterocycles. The van der Waals surface area contributed by atoms with E-state index in [2.05, 4.69) is 4.74 Å². The van der Waals surface area contributed by atoms with Crippen LogP contribution < -0.4 is 0 Å². The minimum absolute atomic E-state index is 0.0529. The van der Waals surface area contributed by atoms with E-state index in [4.69, 9.17) is 0 Å². The van der Waals surface area contributed by atoms with Gasteiger partial charge in [0, 0.05) is 12.8 Å². The molecule has 1 aliphatic carbocycles. The van der Waals surface area contributed by atoms with E-state index < -0.39 is 43.5 Å². The van der Waals surface area contributed by atoms with Crippen molar-refractivity contribution < 1.29 is 31.5 Å². The van der Waals surface area contributed by atoms with Crippen molar-refractivity contribution in [3.8, 4) is 0 Å². The quantitative estimate of drug-likeness (QED) is 0.619. The summed E-state index contributed by atoms with van der Waals surface area (Å²) >= 11 is 0. The van der Waals surface area contributed by atoms with E-state index in [0.717, 1.165) is 13.2 Å². The highest BCUT2D eigenvalue weighted by molar-refractivity contribution is 7.92. The Morgan fingerprint density at radius 3 is 2.50 bits per heavy atom. The van der Waals surface area contributed by atoms with Gasteiger partial charge in [0.05, 0.1) is 12.0 Å². The molecule has 1 fully saturated rings.